The average molecular weight is 384 g/mol. The molecule has 0 aliphatic carbocycles. The number of amidine groups is 1. The van der Waals surface area contributed by atoms with Crippen molar-refractivity contribution in [2.75, 3.05) is 7.11 Å². The Balaban J connectivity index is 1.88. The van der Waals surface area contributed by atoms with Crippen LogP contribution >= 0.6 is 0 Å². The van der Waals surface area contributed by atoms with Gasteiger partial charge in [-0.15, -0.1) is 0 Å². The largest absolute Gasteiger partial charge is 0.467 e. The number of esters is 1. The fraction of sp³-hybridized carbons (Fsp3) is 0.200. The number of hydrogen-bond acceptors (Lipinski definition) is 4. The van der Waals surface area contributed by atoms with Gasteiger partial charge in [0.1, 0.15) is 5.84 Å². The zero-order chi connectivity index (χ0) is 20.3. The number of hydrogen-bond donors (Lipinski definition) is 0. The van der Waals surface area contributed by atoms with Crippen LogP contribution in [0.5, 0.6) is 0 Å². The van der Waals surface area contributed by atoms with Gasteiger partial charge in [0.05, 0.1) is 13.2 Å². The number of rotatable bonds is 5. The molecule has 0 unspecified atom stereocenters. The quantitative estimate of drug-likeness (QED) is 0.603. The van der Waals surface area contributed by atoms with Crippen molar-refractivity contribution in [3.05, 3.63) is 108 Å². The second-order valence-corrected chi connectivity index (χ2v) is 7.37. The molecule has 4 nitrogen and oxygen atoms in total. The topological polar surface area (TPSA) is 41.9 Å². The molecule has 4 heteroatoms. The van der Waals surface area contributed by atoms with E-state index in [1.807, 2.05) is 85.8 Å². The molecule has 29 heavy (non-hydrogen) atoms. The van der Waals surface area contributed by atoms with E-state index in [1.54, 1.807) is 0 Å². The standard InChI is InChI=1S/C25H24N2O2/c1-25(24(28)29-2)22(20-14-8-4-9-15-20)27(18-19-12-6-3-7-13-19)23(26-25)21-16-10-5-11-17-21/h3-17,22H,18H2,1-2H3/t22-,25-/m1/s1. The summed E-state index contributed by atoms with van der Waals surface area (Å²) in [5, 5.41) is 0. The molecular formula is C25H24N2O2. The van der Waals surface area contributed by atoms with Crippen LogP contribution in [0.15, 0.2) is 96.0 Å². The minimum Gasteiger partial charge on any atom is -0.467 e. The third-order valence-corrected chi connectivity index (χ3v) is 5.40. The lowest BCUT2D eigenvalue weighted by Gasteiger charge is -2.34. The second kappa shape index (κ2) is 7.92. The van der Waals surface area contributed by atoms with Crippen molar-refractivity contribution < 1.29 is 9.53 Å². The lowest BCUT2D eigenvalue weighted by atomic mass is 9.87. The van der Waals surface area contributed by atoms with E-state index in [0.717, 1.165) is 22.5 Å². The fourth-order valence-corrected chi connectivity index (χ4v) is 4.04. The molecule has 0 saturated carbocycles. The van der Waals surface area contributed by atoms with Gasteiger partial charge in [-0.25, -0.2) is 9.79 Å². The number of methoxy groups -OCH3 is 1. The Morgan fingerprint density at radius 2 is 1.48 bits per heavy atom. The highest BCUT2D eigenvalue weighted by Crippen LogP contribution is 2.43. The van der Waals surface area contributed by atoms with Gasteiger partial charge >= 0.3 is 5.97 Å². The van der Waals surface area contributed by atoms with Gasteiger partial charge in [0.15, 0.2) is 5.54 Å². The first-order chi connectivity index (χ1) is 14.1. The van der Waals surface area contributed by atoms with Gasteiger partial charge < -0.3 is 9.64 Å². The summed E-state index contributed by atoms with van der Waals surface area (Å²) < 4.78 is 5.20. The lowest BCUT2D eigenvalue weighted by molar-refractivity contribution is -0.147. The highest BCUT2D eigenvalue weighted by atomic mass is 16.5. The van der Waals surface area contributed by atoms with Crippen LogP contribution in [-0.2, 0) is 16.1 Å². The minimum absolute atomic E-state index is 0.272. The molecule has 146 valence electrons. The van der Waals surface area contributed by atoms with Crippen LogP contribution in [0.25, 0.3) is 0 Å². The van der Waals surface area contributed by atoms with E-state index in [9.17, 15) is 4.79 Å². The summed E-state index contributed by atoms with van der Waals surface area (Å²) in [6, 6.07) is 30.1. The number of nitrogens with zero attached hydrogens (tertiary/aromatic N) is 2. The minimum atomic E-state index is -1.05. The molecule has 1 aliphatic heterocycles. The first-order valence-corrected chi connectivity index (χ1v) is 9.72. The lowest BCUT2D eigenvalue weighted by Crippen LogP contribution is -2.44. The third-order valence-electron chi connectivity index (χ3n) is 5.40. The smallest absolute Gasteiger partial charge is 0.336 e. The van der Waals surface area contributed by atoms with Crippen molar-refractivity contribution >= 4 is 11.8 Å². The van der Waals surface area contributed by atoms with E-state index >= 15 is 0 Å². The third kappa shape index (κ3) is 3.54. The predicted octanol–water partition coefficient (Wildman–Crippen LogP) is 4.62. The van der Waals surface area contributed by atoms with Crippen molar-refractivity contribution in [3.63, 3.8) is 0 Å². The SMILES string of the molecule is COC(=O)[C@]1(C)N=C(c2ccccc2)N(Cc2ccccc2)[C@@H]1c1ccccc1. The van der Waals surface area contributed by atoms with E-state index in [0.29, 0.717) is 6.54 Å². The maximum atomic E-state index is 12.9. The summed E-state index contributed by atoms with van der Waals surface area (Å²) in [4.78, 5) is 20.1. The van der Waals surface area contributed by atoms with Crippen molar-refractivity contribution in [3.8, 4) is 0 Å². The van der Waals surface area contributed by atoms with Crippen molar-refractivity contribution in [2.45, 2.75) is 25.0 Å². The van der Waals surface area contributed by atoms with Crippen molar-refractivity contribution in [2.24, 2.45) is 4.99 Å². The molecule has 3 aromatic rings. The maximum absolute atomic E-state index is 12.9. The summed E-state index contributed by atoms with van der Waals surface area (Å²) >= 11 is 0. The zero-order valence-electron chi connectivity index (χ0n) is 16.7. The van der Waals surface area contributed by atoms with Gasteiger partial charge in [-0.2, -0.15) is 0 Å². The van der Waals surface area contributed by atoms with E-state index in [-0.39, 0.29) is 12.0 Å². The number of carbonyl (C=O) groups is 1. The van der Waals surface area contributed by atoms with Crippen molar-refractivity contribution in [1.29, 1.82) is 0 Å². The Morgan fingerprint density at radius 1 is 0.931 bits per heavy atom. The Labute approximate surface area is 171 Å². The summed E-state index contributed by atoms with van der Waals surface area (Å²) in [5.74, 6) is 0.464. The number of carbonyl (C=O) groups excluding carboxylic acids is 1. The monoisotopic (exact) mass is 384 g/mol. The first kappa shape index (κ1) is 18.9. The Morgan fingerprint density at radius 3 is 2.07 bits per heavy atom. The van der Waals surface area contributed by atoms with Crippen molar-refractivity contribution in [1.82, 2.24) is 4.90 Å². The Kier molecular flexibility index (Phi) is 5.17. The normalized spacial score (nSPS) is 21.0. The number of ether oxygens (including phenoxy) is 1. The van der Waals surface area contributed by atoms with E-state index < -0.39 is 5.54 Å². The molecule has 0 fully saturated rings. The second-order valence-electron chi connectivity index (χ2n) is 7.37. The van der Waals surface area contributed by atoms with Gasteiger partial charge in [0.2, 0.25) is 0 Å². The van der Waals surface area contributed by atoms with Gasteiger partial charge in [-0.1, -0.05) is 91.0 Å². The van der Waals surface area contributed by atoms with Crippen LogP contribution in [0, 0.1) is 0 Å². The molecule has 2 atom stereocenters. The molecule has 3 aromatic carbocycles. The van der Waals surface area contributed by atoms with E-state index in [1.165, 1.54) is 7.11 Å². The Bertz CT molecular complexity index is 1000. The highest BCUT2D eigenvalue weighted by Gasteiger charge is 2.52. The fourth-order valence-electron chi connectivity index (χ4n) is 4.04. The van der Waals surface area contributed by atoms with Crippen LogP contribution in [0.2, 0.25) is 0 Å². The summed E-state index contributed by atoms with van der Waals surface area (Å²) in [6.45, 7) is 2.51. The highest BCUT2D eigenvalue weighted by molar-refractivity contribution is 6.04. The summed E-state index contributed by atoms with van der Waals surface area (Å²) in [7, 11) is 1.42. The number of aliphatic imine (C=N–C) groups is 1. The van der Waals surface area contributed by atoms with E-state index in [4.69, 9.17) is 9.73 Å². The van der Waals surface area contributed by atoms with Gasteiger partial charge in [0.25, 0.3) is 0 Å². The van der Waals surface area contributed by atoms with Crippen LogP contribution in [0.1, 0.15) is 29.7 Å². The van der Waals surface area contributed by atoms with E-state index in [2.05, 4.69) is 17.0 Å². The molecule has 1 heterocycles. The average Bonchev–Trinajstić information content (AvgIpc) is 3.08. The first-order valence-electron chi connectivity index (χ1n) is 9.72. The summed E-state index contributed by atoms with van der Waals surface area (Å²) in [5.41, 5.74) is 2.13. The van der Waals surface area contributed by atoms with Crippen LogP contribution in [0.4, 0.5) is 0 Å². The molecule has 0 radical (unpaired) electrons. The Hall–Kier alpha value is -3.40. The molecule has 1 aliphatic rings. The summed E-state index contributed by atoms with van der Waals surface area (Å²) in [6.07, 6.45) is 0. The van der Waals surface area contributed by atoms with Crippen LogP contribution < -0.4 is 0 Å². The molecule has 0 saturated heterocycles. The van der Waals surface area contributed by atoms with Gasteiger partial charge in [-0.3, -0.25) is 0 Å². The molecular weight excluding hydrogens is 360 g/mol. The van der Waals surface area contributed by atoms with Gasteiger partial charge in [0, 0.05) is 12.1 Å². The number of benzene rings is 3. The molecule has 0 bridgehead atoms. The van der Waals surface area contributed by atoms with Gasteiger partial charge in [-0.05, 0) is 18.1 Å². The molecule has 0 amide bonds. The van der Waals surface area contributed by atoms with Crippen LogP contribution in [0.3, 0.4) is 0 Å². The molecule has 0 aromatic heterocycles. The molecule has 4 rings (SSSR count). The maximum Gasteiger partial charge on any atom is 0.336 e. The molecule has 0 spiro atoms. The zero-order valence-corrected chi connectivity index (χ0v) is 16.7. The predicted molar refractivity (Wildman–Crippen MR) is 115 cm³/mol. The molecule has 0 N–H and O–H groups in total. The van der Waals surface area contributed by atoms with Crippen LogP contribution in [-0.4, -0.2) is 29.4 Å².